The number of anilines is 1. The normalized spacial score (nSPS) is 10.9. The molecule has 0 fully saturated rings. The van der Waals surface area contributed by atoms with E-state index < -0.39 is 17.5 Å². The second-order valence-corrected chi connectivity index (χ2v) is 4.05. The van der Waals surface area contributed by atoms with Crippen LogP contribution < -0.4 is 5.32 Å². The van der Waals surface area contributed by atoms with Gasteiger partial charge in [-0.3, -0.25) is 5.32 Å². The molecule has 0 atom stereocenters. The zero-order chi connectivity index (χ0) is 11.5. The molecule has 0 bridgehead atoms. The highest BCUT2D eigenvalue weighted by molar-refractivity contribution is 5.84. The predicted molar refractivity (Wildman–Crippen MR) is 55.1 cm³/mol. The van der Waals surface area contributed by atoms with Crippen molar-refractivity contribution in [2.75, 3.05) is 5.32 Å². The van der Waals surface area contributed by atoms with E-state index in [0.29, 0.717) is 5.69 Å². The Bertz CT molecular complexity index is 358. The van der Waals surface area contributed by atoms with Gasteiger partial charge in [0.25, 0.3) is 0 Å². The number of amides is 1. The number of halogens is 1. The molecule has 0 spiro atoms. The van der Waals surface area contributed by atoms with Crippen molar-refractivity contribution in [3.8, 4) is 0 Å². The van der Waals surface area contributed by atoms with Gasteiger partial charge in [0, 0.05) is 11.8 Å². The van der Waals surface area contributed by atoms with Crippen molar-refractivity contribution in [2.24, 2.45) is 0 Å². The lowest BCUT2D eigenvalue weighted by atomic mass is 10.2. The van der Waals surface area contributed by atoms with E-state index in [1.54, 1.807) is 20.8 Å². The van der Waals surface area contributed by atoms with Crippen LogP contribution >= 0.6 is 0 Å². The van der Waals surface area contributed by atoms with E-state index in [0.717, 1.165) is 0 Å². The standard InChI is InChI=1S/C11H13FNO2/c1-11(2,3)15-10(14)13-9-6-4-5-8(12)7-9/h4,6-7H,1-3H3,(H,13,14). The maximum absolute atomic E-state index is 12.7. The van der Waals surface area contributed by atoms with Gasteiger partial charge in [-0.15, -0.1) is 0 Å². The molecule has 1 radical (unpaired) electrons. The molecule has 81 valence electrons. The number of carbonyl (C=O) groups is 1. The minimum atomic E-state index is -0.604. The number of benzene rings is 1. The lowest BCUT2D eigenvalue weighted by Crippen LogP contribution is -2.27. The van der Waals surface area contributed by atoms with Crippen LogP contribution in [0.4, 0.5) is 14.9 Å². The average molecular weight is 210 g/mol. The SMILES string of the molecule is CC(C)(C)OC(=O)Nc1cc[c]c(F)c1. The van der Waals surface area contributed by atoms with Crippen LogP contribution in [0.25, 0.3) is 0 Å². The smallest absolute Gasteiger partial charge is 0.412 e. The van der Waals surface area contributed by atoms with Crippen LogP contribution in [-0.2, 0) is 4.74 Å². The summed E-state index contributed by atoms with van der Waals surface area (Å²) < 4.78 is 17.7. The molecule has 0 saturated heterocycles. The van der Waals surface area contributed by atoms with E-state index in [1.165, 1.54) is 18.2 Å². The van der Waals surface area contributed by atoms with Crippen LogP contribution in [0.2, 0.25) is 0 Å². The molecule has 0 aliphatic carbocycles. The van der Waals surface area contributed by atoms with E-state index in [9.17, 15) is 9.18 Å². The lowest BCUT2D eigenvalue weighted by Gasteiger charge is -2.19. The summed E-state index contributed by atoms with van der Waals surface area (Å²) in [7, 11) is 0. The zero-order valence-corrected chi connectivity index (χ0v) is 8.93. The topological polar surface area (TPSA) is 38.3 Å². The molecule has 1 aromatic rings. The average Bonchev–Trinajstić information content (AvgIpc) is 1.99. The fourth-order valence-corrected chi connectivity index (χ4v) is 0.937. The van der Waals surface area contributed by atoms with Crippen molar-refractivity contribution >= 4 is 11.8 Å². The highest BCUT2D eigenvalue weighted by Gasteiger charge is 2.16. The van der Waals surface area contributed by atoms with E-state index >= 15 is 0 Å². The minimum Gasteiger partial charge on any atom is -0.444 e. The van der Waals surface area contributed by atoms with Gasteiger partial charge in [0.15, 0.2) is 0 Å². The molecular weight excluding hydrogens is 197 g/mol. The Morgan fingerprint density at radius 3 is 2.73 bits per heavy atom. The van der Waals surface area contributed by atoms with Crippen molar-refractivity contribution in [3.05, 3.63) is 30.1 Å². The van der Waals surface area contributed by atoms with Gasteiger partial charge in [0.05, 0.1) is 0 Å². The summed E-state index contributed by atoms with van der Waals surface area (Å²) in [6.07, 6.45) is -0.604. The fourth-order valence-electron chi connectivity index (χ4n) is 0.937. The highest BCUT2D eigenvalue weighted by atomic mass is 19.1. The minimum absolute atomic E-state index is 0.348. The number of ether oxygens (including phenoxy) is 1. The van der Waals surface area contributed by atoms with Gasteiger partial charge in [0.1, 0.15) is 11.4 Å². The largest absolute Gasteiger partial charge is 0.444 e. The van der Waals surface area contributed by atoms with Crippen LogP contribution in [0, 0.1) is 11.9 Å². The molecule has 1 N–H and O–H groups in total. The molecule has 0 aliphatic heterocycles. The molecule has 0 unspecified atom stereocenters. The molecule has 15 heavy (non-hydrogen) atoms. The maximum atomic E-state index is 12.7. The Kier molecular flexibility index (Phi) is 3.29. The molecule has 0 saturated carbocycles. The number of hydrogen-bond donors (Lipinski definition) is 1. The summed E-state index contributed by atoms with van der Waals surface area (Å²) >= 11 is 0. The van der Waals surface area contributed by atoms with Crippen molar-refractivity contribution in [1.29, 1.82) is 0 Å². The number of carbonyl (C=O) groups excluding carboxylic acids is 1. The number of rotatable bonds is 1. The maximum Gasteiger partial charge on any atom is 0.412 e. The summed E-state index contributed by atoms with van der Waals surface area (Å²) in [6.45, 7) is 5.27. The van der Waals surface area contributed by atoms with Crippen molar-refractivity contribution in [1.82, 2.24) is 0 Å². The van der Waals surface area contributed by atoms with Gasteiger partial charge in [-0.25, -0.2) is 9.18 Å². The molecular formula is C11H13FNO2. The quantitative estimate of drug-likeness (QED) is 0.773. The Balaban J connectivity index is 2.59. The van der Waals surface area contributed by atoms with E-state index in [1.807, 2.05) is 0 Å². The third-order valence-electron chi connectivity index (χ3n) is 1.41. The summed E-state index contributed by atoms with van der Waals surface area (Å²) in [5, 5.41) is 2.42. The number of nitrogens with one attached hydrogen (secondary N) is 1. The first-order chi connectivity index (χ1) is 6.87. The Morgan fingerprint density at radius 2 is 2.20 bits per heavy atom. The molecule has 4 heteroatoms. The highest BCUT2D eigenvalue weighted by Crippen LogP contribution is 2.12. The zero-order valence-electron chi connectivity index (χ0n) is 8.93. The second kappa shape index (κ2) is 4.29. The third-order valence-corrected chi connectivity index (χ3v) is 1.41. The van der Waals surface area contributed by atoms with Crippen LogP contribution in [0.15, 0.2) is 18.2 Å². The summed E-state index contributed by atoms with van der Waals surface area (Å²) in [4.78, 5) is 11.3. The molecule has 1 aromatic carbocycles. The Labute approximate surface area is 88.2 Å². The van der Waals surface area contributed by atoms with Gasteiger partial charge >= 0.3 is 6.09 Å². The second-order valence-electron chi connectivity index (χ2n) is 4.05. The van der Waals surface area contributed by atoms with Gasteiger partial charge in [-0.05, 0) is 39.0 Å². The van der Waals surface area contributed by atoms with Crippen molar-refractivity contribution < 1.29 is 13.9 Å². The summed E-state index contributed by atoms with van der Waals surface area (Å²) in [5.74, 6) is -0.524. The predicted octanol–water partition coefficient (Wildman–Crippen LogP) is 2.97. The Morgan fingerprint density at radius 1 is 1.53 bits per heavy atom. The van der Waals surface area contributed by atoms with E-state index in [-0.39, 0.29) is 0 Å². The third kappa shape index (κ3) is 4.44. The molecule has 0 aromatic heterocycles. The van der Waals surface area contributed by atoms with Crippen molar-refractivity contribution in [3.63, 3.8) is 0 Å². The molecule has 1 rings (SSSR count). The van der Waals surface area contributed by atoms with Crippen LogP contribution in [0.1, 0.15) is 20.8 Å². The Hall–Kier alpha value is -1.58. The first-order valence-corrected chi connectivity index (χ1v) is 4.54. The van der Waals surface area contributed by atoms with E-state index in [4.69, 9.17) is 4.74 Å². The van der Waals surface area contributed by atoms with Gasteiger partial charge in [0.2, 0.25) is 0 Å². The van der Waals surface area contributed by atoms with Crippen LogP contribution in [-0.4, -0.2) is 11.7 Å². The summed E-state index contributed by atoms with van der Waals surface area (Å²) in [5.41, 5.74) is -0.218. The molecule has 0 heterocycles. The first-order valence-electron chi connectivity index (χ1n) is 4.54. The first kappa shape index (κ1) is 11.5. The van der Waals surface area contributed by atoms with Crippen LogP contribution in [0.5, 0.6) is 0 Å². The van der Waals surface area contributed by atoms with Crippen LogP contribution in [0.3, 0.4) is 0 Å². The molecule has 1 amide bonds. The lowest BCUT2D eigenvalue weighted by molar-refractivity contribution is 0.0636. The monoisotopic (exact) mass is 210 g/mol. The number of hydrogen-bond acceptors (Lipinski definition) is 2. The molecule has 3 nitrogen and oxygen atoms in total. The van der Waals surface area contributed by atoms with Gasteiger partial charge < -0.3 is 4.74 Å². The van der Waals surface area contributed by atoms with E-state index in [2.05, 4.69) is 11.4 Å². The van der Waals surface area contributed by atoms with Gasteiger partial charge in [-0.1, -0.05) is 0 Å². The van der Waals surface area contributed by atoms with Gasteiger partial charge in [-0.2, -0.15) is 0 Å². The summed E-state index contributed by atoms with van der Waals surface area (Å²) in [6, 6.07) is 6.43. The fraction of sp³-hybridized carbons (Fsp3) is 0.364. The molecule has 0 aliphatic rings. The van der Waals surface area contributed by atoms with Crippen molar-refractivity contribution in [2.45, 2.75) is 26.4 Å².